The predicted octanol–water partition coefficient (Wildman–Crippen LogP) is 3.93. The van der Waals surface area contributed by atoms with E-state index in [2.05, 4.69) is 10.6 Å². The number of anilines is 2. The SMILES string of the molecule is CCC1Sc2cc(S(=O)(=O)CCC(=O)Nc3cc(C)cc(C)c3)ccc2NC1=O. The van der Waals surface area contributed by atoms with E-state index >= 15 is 0 Å². The lowest BCUT2D eigenvalue weighted by Crippen LogP contribution is -2.28. The van der Waals surface area contributed by atoms with Gasteiger partial charge < -0.3 is 10.6 Å². The number of thioether (sulfide) groups is 1. The first-order valence-electron chi connectivity index (χ1n) is 9.40. The van der Waals surface area contributed by atoms with E-state index in [1.54, 1.807) is 12.1 Å². The minimum Gasteiger partial charge on any atom is -0.326 e. The quantitative estimate of drug-likeness (QED) is 0.722. The third-order valence-corrected chi connectivity index (χ3v) is 7.74. The van der Waals surface area contributed by atoms with Crippen molar-refractivity contribution in [3.8, 4) is 0 Å². The predicted molar refractivity (Wildman–Crippen MR) is 116 cm³/mol. The van der Waals surface area contributed by atoms with Crippen LogP contribution in [0, 0.1) is 13.8 Å². The van der Waals surface area contributed by atoms with Crippen molar-refractivity contribution >= 4 is 44.8 Å². The van der Waals surface area contributed by atoms with Gasteiger partial charge >= 0.3 is 0 Å². The molecule has 1 atom stereocenters. The lowest BCUT2D eigenvalue weighted by molar-refractivity contribution is -0.116. The molecule has 0 aliphatic carbocycles. The molecule has 0 aromatic heterocycles. The van der Waals surface area contributed by atoms with Gasteiger partial charge in [-0.2, -0.15) is 0 Å². The van der Waals surface area contributed by atoms with Crippen molar-refractivity contribution < 1.29 is 18.0 Å². The van der Waals surface area contributed by atoms with Crippen molar-refractivity contribution in [2.24, 2.45) is 0 Å². The van der Waals surface area contributed by atoms with Gasteiger partial charge in [0, 0.05) is 17.0 Å². The molecule has 0 fully saturated rings. The monoisotopic (exact) mass is 432 g/mol. The Labute approximate surface area is 175 Å². The van der Waals surface area contributed by atoms with Gasteiger partial charge in [-0.15, -0.1) is 11.8 Å². The van der Waals surface area contributed by atoms with E-state index in [0.29, 0.717) is 17.8 Å². The summed E-state index contributed by atoms with van der Waals surface area (Å²) in [6.45, 7) is 5.79. The van der Waals surface area contributed by atoms with Crippen LogP contribution in [0.15, 0.2) is 46.2 Å². The molecule has 2 amide bonds. The molecule has 0 saturated carbocycles. The second kappa shape index (κ2) is 8.59. The second-order valence-corrected chi connectivity index (χ2v) is 10.5. The number of hydrogen-bond acceptors (Lipinski definition) is 5. The van der Waals surface area contributed by atoms with Crippen LogP contribution in [0.4, 0.5) is 11.4 Å². The summed E-state index contributed by atoms with van der Waals surface area (Å²) in [4.78, 5) is 25.1. The third-order valence-electron chi connectivity index (χ3n) is 4.61. The fraction of sp³-hybridized carbons (Fsp3) is 0.333. The van der Waals surface area contributed by atoms with E-state index in [4.69, 9.17) is 0 Å². The van der Waals surface area contributed by atoms with E-state index in [9.17, 15) is 18.0 Å². The highest BCUT2D eigenvalue weighted by atomic mass is 32.2. The van der Waals surface area contributed by atoms with Crippen molar-refractivity contribution in [2.75, 3.05) is 16.4 Å². The Morgan fingerprint density at radius 1 is 1.14 bits per heavy atom. The first kappa shape index (κ1) is 21.4. The summed E-state index contributed by atoms with van der Waals surface area (Å²) in [5.74, 6) is -0.690. The smallest absolute Gasteiger partial charge is 0.237 e. The summed E-state index contributed by atoms with van der Waals surface area (Å²) in [5, 5.41) is 5.34. The van der Waals surface area contributed by atoms with E-state index in [0.717, 1.165) is 16.0 Å². The van der Waals surface area contributed by atoms with Crippen LogP contribution >= 0.6 is 11.8 Å². The highest BCUT2D eigenvalue weighted by molar-refractivity contribution is 8.01. The van der Waals surface area contributed by atoms with Crippen LogP contribution < -0.4 is 10.6 Å². The molecule has 3 rings (SSSR count). The van der Waals surface area contributed by atoms with E-state index < -0.39 is 9.84 Å². The molecule has 0 bridgehead atoms. The molecule has 6 nitrogen and oxygen atoms in total. The van der Waals surface area contributed by atoms with E-state index in [1.165, 1.54) is 17.8 Å². The minimum absolute atomic E-state index is 0.0661. The van der Waals surface area contributed by atoms with E-state index in [-0.39, 0.29) is 34.1 Å². The molecule has 1 heterocycles. The number of aryl methyl sites for hydroxylation is 2. The number of hydrogen-bond donors (Lipinski definition) is 2. The van der Waals surface area contributed by atoms with Gasteiger partial charge in [0.1, 0.15) is 0 Å². The maximum atomic E-state index is 12.7. The standard InChI is InChI=1S/C21H24N2O4S2/c1-4-18-21(25)23-17-6-5-16(12-19(17)28-18)29(26,27)8-7-20(24)22-15-10-13(2)9-14(3)11-15/h5-6,9-12,18H,4,7-8H2,1-3H3,(H,22,24)(H,23,25). The Hall–Kier alpha value is -2.32. The molecule has 0 spiro atoms. The van der Waals surface area contributed by atoms with Gasteiger partial charge in [-0.25, -0.2) is 8.42 Å². The van der Waals surface area contributed by atoms with Crippen LogP contribution in [-0.2, 0) is 19.4 Å². The molecular weight excluding hydrogens is 408 g/mol. The van der Waals surface area contributed by atoms with Crippen LogP contribution in [0.25, 0.3) is 0 Å². The fourth-order valence-electron chi connectivity index (χ4n) is 3.20. The Morgan fingerprint density at radius 3 is 2.48 bits per heavy atom. The Kier molecular flexibility index (Phi) is 6.33. The molecule has 1 aliphatic rings. The number of rotatable bonds is 6. The molecule has 0 radical (unpaired) electrons. The highest BCUT2D eigenvalue weighted by Gasteiger charge is 2.27. The van der Waals surface area contributed by atoms with Crippen molar-refractivity contribution in [3.05, 3.63) is 47.5 Å². The first-order chi connectivity index (χ1) is 13.7. The maximum Gasteiger partial charge on any atom is 0.237 e. The third kappa shape index (κ3) is 5.19. The molecule has 0 saturated heterocycles. The van der Waals surface area contributed by atoms with Crippen LogP contribution in [0.5, 0.6) is 0 Å². The maximum absolute atomic E-state index is 12.7. The second-order valence-electron chi connectivity index (χ2n) is 7.16. The van der Waals surface area contributed by atoms with Gasteiger partial charge in [0.15, 0.2) is 9.84 Å². The molecule has 2 aromatic rings. The number of fused-ring (bicyclic) bond motifs is 1. The summed E-state index contributed by atoms with van der Waals surface area (Å²) in [6.07, 6.45) is 0.527. The topological polar surface area (TPSA) is 92.3 Å². The summed E-state index contributed by atoms with van der Waals surface area (Å²) in [6, 6.07) is 10.4. The van der Waals surface area contributed by atoms with Crippen molar-refractivity contribution in [1.82, 2.24) is 0 Å². The van der Waals surface area contributed by atoms with Crippen LogP contribution in [0.2, 0.25) is 0 Å². The number of carbonyl (C=O) groups excluding carboxylic acids is 2. The zero-order chi connectivity index (χ0) is 21.2. The summed E-state index contributed by atoms with van der Waals surface area (Å²) in [5.41, 5.74) is 3.33. The number of benzene rings is 2. The molecule has 29 heavy (non-hydrogen) atoms. The summed E-state index contributed by atoms with van der Waals surface area (Å²) >= 11 is 1.37. The summed E-state index contributed by atoms with van der Waals surface area (Å²) < 4.78 is 25.4. The van der Waals surface area contributed by atoms with E-state index in [1.807, 2.05) is 39.0 Å². The zero-order valence-corrected chi connectivity index (χ0v) is 18.2. The molecule has 154 valence electrons. The van der Waals surface area contributed by atoms with Gasteiger partial charge in [-0.3, -0.25) is 9.59 Å². The number of nitrogens with one attached hydrogen (secondary N) is 2. The Bertz CT molecular complexity index is 1040. The Balaban J connectivity index is 1.68. The Morgan fingerprint density at radius 2 is 1.83 bits per heavy atom. The number of sulfone groups is 1. The number of carbonyl (C=O) groups is 2. The van der Waals surface area contributed by atoms with Gasteiger partial charge in [-0.05, 0) is 61.7 Å². The van der Waals surface area contributed by atoms with Gasteiger partial charge in [0.2, 0.25) is 11.8 Å². The minimum atomic E-state index is -3.62. The molecule has 2 N–H and O–H groups in total. The average Bonchev–Trinajstić information content (AvgIpc) is 2.64. The van der Waals surface area contributed by atoms with Crippen molar-refractivity contribution in [2.45, 2.75) is 48.7 Å². The lowest BCUT2D eigenvalue weighted by Gasteiger charge is -2.23. The lowest BCUT2D eigenvalue weighted by atomic mass is 10.1. The zero-order valence-electron chi connectivity index (χ0n) is 16.6. The normalized spacial score (nSPS) is 16.1. The van der Waals surface area contributed by atoms with Gasteiger partial charge in [0.05, 0.1) is 21.6 Å². The van der Waals surface area contributed by atoms with Crippen LogP contribution in [0.3, 0.4) is 0 Å². The highest BCUT2D eigenvalue weighted by Crippen LogP contribution is 2.38. The summed E-state index contributed by atoms with van der Waals surface area (Å²) in [7, 11) is -3.62. The first-order valence-corrected chi connectivity index (χ1v) is 11.9. The van der Waals surface area contributed by atoms with Gasteiger partial charge in [-0.1, -0.05) is 13.0 Å². The fourth-order valence-corrected chi connectivity index (χ4v) is 5.62. The van der Waals surface area contributed by atoms with Crippen LogP contribution in [-0.4, -0.2) is 31.2 Å². The molecule has 1 aliphatic heterocycles. The molecule has 1 unspecified atom stereocenters. The van der Waals surface area contributed by atoms with Crippen molar-refractivity contribution in [1.29, 1.82) is 0 Å². The number of amides is 2. The van der Waals surface area contributed by atoms with Gasteiger partial charge in [0.25, 0.3) is 0 Å². The van der Waals surface area contributed by atoms with Crippen LogP contribution in [0.1, 0.15) is 30.9 Å². The largest absolute Gasteiger partial charge is 0.326 e. The average molecular weight is 433 g/mol. The molecular formula is C21H24N2O4S2. The molecule has 2 aromatic carbocycles. The van der Waals surface area contributed by atoms with Crippen molar-refractivity contribution in [3.63, 3.8) is 0 Å². The molecule has 8 heteroatoms.